The van der Waals surface area contributed by atoms with E-state index in [-0.39, 0.29) is 6.42 Å². The van der Waals surface area contributed by atoms with Crippen molar-refractivity contribution in [3.8, 4) is 0 Å². The van der Waals surface area contributed by atoms with E-state index < -0.39 is 5.97 Å². The average molecular weight is 150 g/mol. The zero-order chi connectivity index (χ0) is 8.04. The van der Waals surface area contributed by atoms with Crippen molar-refractivity contribution < 1.29 is 20.1 Å². The van der Waals surface area contributed by atoms with Crippen LogP contribution in [0.15, 0.2) is 0 Å². The van der Waals surface area contributed by atoms with Gasteiger partial charge in [0.15, 0.2) is 0 Å². The monoisotopic (exact) mass is 150 g/mol. The predicted octanol–water partition coefficient (Wildman–Crippen LogP) is -0.566. The Morgan fingerprint density at radius 1 is 1.30 bits per heavy atom. The molecule has 1 aliphatic rings. The summed E-state index contributed by atoms with van der Waals surface area (Å²) in [6, 6.07) is 0. The van der Waals surface area contributed by atoms with Gasteiger partial charge in [-0.2, -0.15) is 0 Å². The van der Waals surface area contributed by atoms with Crippen molar-refractivity contribution in [2.24, 2.45) is 0 Å². The van der Waals surface area contributed by atoms with Crippen LogP contribution in [0.2, 0.25) is 0 Å². The fourth-order valence-corrected chi connectivity index (χ4v) is 0.335. The highest BCUT2D eigenvalue weighted by Crippen LogP contribution is 2.01. The zero-order valence-corrected chi connectivity index (χ0v) is 6.08. The molecule has 4 heteroatoms. The summed E-state index contributed by atoms with van der Waals surface area (Å²) in [5.41, 5.74) is 0. The summed E-state index contributed by atoms with van der Waals surface area (Å²) in [7, 11) is 0. The zero-order valence-electron chi connectivity index (χ0n) is 6.08. The first kappa shape index (κ1) is 9.84. The molecule has 0 unspecified atom stereocenters. The molecule has 0 aromatic carbocycles. The van der Waals surface area contributed by atoms with E-state index in [1.165, 1.54) is 0 Å². The lowest BCUT2D eigenvalue weighted by Crippen LogP contribution is -2.26. The van der Waals surface area contributed by atoms with Crippen LogP contribution in [0.25, 0.3) is 0 Å². The first-order chi connectivity index (χ1) is 4.56. The Hall–Kier alpha value is -0.160. The molecular weight excluding hydrogens is 136 g/mol. The van der Waals surface area contributed by atoms with Gasteiger partial charge in [-0.3, -0.25) is 0 Å². The van der Waals surface area contributed by atoms with Gasteiger partial charge < -0.3 is 20.1 Å². The van der Waals surface area contributed by atoms with Crippen LogP contribution in [-0.2, 0) is 4.74 Å². The normalized spacial score (nSPS) is 15.6. The summed E-state index contributed by atoms with van der Waals surface area (Å²) >= 11 is 0. The lowest BCUT2D eigenvalue weighted by molar-refractivity contribution is -0.314. The van der Waals surface area contributed by atoms with E-state index in [1.54, 1.807) is 6.92 Å². The van der Waals surface area contributed by atoms with Crippen molar-refractivity contribution in [2.45, 2.75) is 25.7 Å². The number of ether oxygens (including phenoxy) is 1. The SMILES string of the molecule is C1CO1.CCCC(O)(O)O. The second kappa shape index (κ2) is 4.62. The van der Waals surface area contributed by atoms with Gasteiger partial charge in [0.25, 0.3) is 5.97 Å². The molecule has 1 heterocycles. The molecule has 0 aromatic rings. The second-order valence-electron chi connectivity index (χ2n) is 2.14. The Kier molecular flexibility index (Phi) is 4.55. The second-order valence-corrected chi connectivity index (χ2v) is 2.14. The van der Waals surface area contributed by atoms with E-state index in [9.17, 15) is 0 Å². The van der Waals surface area contributed by atoms with Crippen LogP contribution in [0.4, 0.5) is 0 Å². The van der Waals surface area contributed by atoms with Crippen molar-refractivity contribution in [1.82, 2.24) is 0 Å². The van der Waals surface area contributed by atoms with Gasteiger partial charge in [-0.15, -0.1) is 0 Å². The molecule has 62 valence electrons. The highest BCUT2D eigenvalue weighted by atomic mass is 16.7. The molecule has 4 nitrogen and oxygen atoms in total. The summed E-state index contributed by atoms with van der Waals surface area (Å²) in [4.78, 5) is 0. The largest absolute Gasteiger partial charge is 0.377 e. The van der Waals surface area contributed by atoms with Crippen LogP contribution in [0.3, 0.4) is 0 Å². The minimum Gasteiger partial charge on any atom is -0.377 e. The van der Waals surface area contributed by atoms with Crippen LogP contribution in [-0.4, -0.2) is 34.5 Å². The maximum absolute atomic E-state index is 8.13. The van der Waals surface area contributed by atoms with E-state index in [1.807, 2.05) is 0 Å². The van der Waals surface area contributed by atoms with Crippen molar-refractivity contribution >= 4 is 0 Å². The van der Waals surface area contributed by atoms with E-state index >= 15 is 0 Å². The highest BCUT2D eigenvalue weighted by Gasteiger charge is 2.14. The summed E-state index contributed by atoms with van der Waals surface area (Å²) in [6.45, 7) is 3.75. The van der Waals surface area contributed by atoms with Crippen molar-refractivity contribution in [2.75, 3.05) is 13.2 Å². The maximum Gasteiger partial charge on any atom is 0.275 e. The standard InChI is InChI=1S/C4H10O3.C2H4O/c1-2-3-4(5,6)7;1-2-3-1/h5-7H,2-3H2,1H3;1-2H2. The van der Waals surface area contributed by atoms with E-state index in [4.69, 9.17) is 15.3 Å². The van der Waals surface area contributed by atoms with Crippen LogP contribution in [0, 0.1) is 0 Å². The molecule has 0 saturated carbocycles. The summed E-state index contributed by atoms with van der Waals surface area (Å²) in [6.07, 6.45) is 0.566. The lowest BCUT2D eigenvalue weighted by atomic mass is 10.3. The van der Waals surface area contributed by atoms with Gasteiger partial charge in [-0.1, -0.05) is 6.92 Å². The average Bonchev–Trinajstić information content (AvgIpc) is 2.40. The molecule has 1 aliphatic heterocycles. The summed E-state index contributed by atoms with van der Waals surface area (Å²) in [5.74, 6) is -2.45. The molecule has 0 amide bonds. The Labute approximate surface area is 60.1 Å². The van der Waals surface area contributed by atoms with E-state index in [0.717, 1.165) is 13.2 Å². The quantitative estimate of drug-likeness (QED) is 0.364. The predicted molar refractivity (Wildman–Crippen MR) is 35.1 cm³/mol. The number of aliphatic hydroxyl groups is 3. The molecule has 0 aromatic heterocycles. The van der Waals surface area contributed by atoms with Crippen LogP contribution in [0.5, 0.6) is 0 Å². The molecule has 0 aliphatic carbocycles. The third-order valence-electron chi connectivity index (χ3n) is 0.790. The topological polar surface area (TPSA) is 73.2 Å². The Morgan fingerprint density at radius 2 is 1.70 bits per heavy atom. The Bertz CT molecular complexity index is 71.6. The number of hydrogen-bond acceptors (Lipinski definition) is 4. The van der Waals surface area contributed by atoms with Gasteiger partial charge >= 0.3 is 0 Å². The first-order valence-electron chi connectivity index (χ1n) is 3.31. The number of epoxide rings is 1. The molecule has 1 rings (SSSR count). The molecule has 0 spiro atoms. The minimum atomic E-state index is -2.45. The van der Waals surface area contributed by atoms with E-state index in [0.29, 0.717) is 6.42 Å². The van der Waals surface area contributed by atoms with Crippen molar-refractivity contribution in [3.05, 3.63) is 0 Å². The molecule has 0 atom stereocenters. The Balaban J connectivity index is 0.000000219. The third-order valence-corrected chi connectivity index (χ3v) is 0.790. The fourth-order valence-electron chi connectivity index (χ4n) is 0.335. The first-order valence-corrected chi connectivity index (χ1v) is 3.31. The minimum absolute atomic E-state index is 0.00694. The highest BCUT2D eigenvalue weighted by molar-refractivity contribution is 4.41. The van der Waals surface area contributed by atoms with Gasteiger partial charge in [-0.05, 0) is 6.42 Å². The number of hydrogen-bond donors (Lipinski definition) is 3. The third kappa shape index (κ3) is 15.7. The molecular formula is C6H14O4. The maximum atomic E-state index is 8.13. The smallest absolute Gasteiger partial charge is 0.275 e. The lowest BCUT2D eigenvalue weighted by Gasteiger charge is -2.10. The van der Waals surface area contributed by atoms with Crippen LogP contribution >= 0.6 is 0 Å². The molecule has 1 fully saturated rings. The summed E-state index contributed by atoms with van der Waals surface area (Å²) in [5, 5.41) is 24.4. The van der Waals surface area contributed by atoms with Gasteiger partial charge in [-0.25, -0.2) is 0 Å². The van der Waals surface area contributed by atoms with Crippen molar-refractivity contribution in [1.29, 1.82) is 0 Å². The van der Waals surface area contributed by atoms with Crippen LogP contribution in [0.1, 0.15) is 19.8 Å². The molecule has 3 N–H and O–H groups in total. The fraction of sp³-hybridized carbons (Fsp3) is 1.00. The van der Waals surface area contributed by atoms with E-state index in [2.05, 4.69) is 4.74 Å². The Morgan fingerprint density at radius 3 is 1.70 bits per heavy atom. The van der Waals surface area contributed by atoms with Gasteiger partial charge in [0, 0.05) is 6.42 Å². The van der Waals surface area contributed by atoms with Crippen LogP contribution < -0.4 is 0 Å². The molecule has 0 bridgehead atoms. The van der Waals surface area contributed by atoms with Gasteiger partial charge in [0.2, 0.25) is 0 Å². The summed E-state index contributed by atoms with van der Waals surface area (Å²) < 4.78 is 4.50. The molecule has 0 radical (unpaired) electrons. The molecule has 10 heavy (non-hydrogen) atoms. The van der Waals surface area contributed by atoms with Gasteiger partial charge in [0.1, 0.15) is 0 Å². The van der Waals surface area contributed by atoms with Gasteiger partial charge in [0.05, 0.1) is 13.2 Å². The number of rotatable bonds is 2. The molecule has 1 saturated heterocycles. The van der Waals surface area contributed by atoms with Crippen molar-refractivity contribution in [3.63, 3.8) is 0 Å².